The summed E-state index contributed by atoms with van der Waals surface area (Å²) in [6, 6.07) is 0. The Labute approximate surface area is 715 Å². The summed E-state index contributed by atoms with van der Waals surface area (Å²) in [5, 5.41) is 86.5. The monoisotopic (exact) mass is 1620 g/mol. The van der Waals surface area contributed by atoms with Crippen LogP contribution in [-0.4, -0.2) is 89.7 Å². The van der Waals surface area contributed by atoms with Crippen LogP contribution < -0.4 is 0 Å². The van der Waals surface area contributed by atoms with Crippen molar-refractivity contribution in [2.45, 2.75) is 472 Å². The number of fused-ring (bicyclic) bond motifs is 20. The molecule has 16 rings (SSSR count). The van der Waals surface area contributed by atoms with Crippen molar-refractivity contribution in [1.82, 2.24) is 0 Å². The van der Waals surface area contributed by atoms with E-state index in [4.69, 9.17) is 0 Å². The van der Waals surface area contributed by atoms with E-state index in [0.29, 0.717) is 143 Å². The van der Waals surface area contributed by atoms with Crippen molar-refractivity contribution in [1.29, 1.82) is 0 Å². The van der Waals surface area contributed by atoms with Crippen LogP contribution in [-0.2, 0) is 0 Å². The van der Waals surface area contributed by atoms with E-state index < -0.39 is 0 Å². The van der Waals surface area contributed by atoms with Crippen LogP contribution in [0.15, 0.2) is 0 Å². The molecule has 0 spiro atoms. The quantitative estimate of drug-likeness (QED) is 0.0958. The summed E-state index contributed by atoms with van der Waals surface area (Å²) >= 11 is 0. The summed E-state index contributed by atoms with van der Waals surface area (Å²) < 4.78 is 0. The summed E-state index contributed by atoms with van der Waals surface area (Å²) in [5.74, 6) is 16.6. The zero-order valence-electron chi connectivity index (χ0n) is 80.3. The van der Waals surface area contributed by atoms with Gasteiger partial charge in [-0.1, -0.05) is 166 Å². The van der Waals surface area contributed by atoms with Crippen LogP contribution in [0.3, 0.4) is 0 Å². The molecule has 8 nitrogen and oxygen atoms in total. The lowest BCUT2D eigenvalue weighted by Gasteiger charge is -2.62. The molecule has 0 amide bonds. The fourth-order valence-corrected chi connectivity index (χ4v) is 36.2. The van der Waals surface area contributed by atoms with Gasteiger partial charge in [0.05, 0.1) is 48.8 Å². The first-order valence-corrected chi connectivity index (χ1v) is 51.3. The van der Waals surface area contributed by atoms with Crippen molar-refractivity contribution < 1.29 is 40.9 Å². The first kappa shape index (κ1) is 93.3. The van der Waals surface area contributed by atoms with Gasteiger partial charge in [0.15, 0.2) is 0 Å². The fraction of sp³-hybridized carbons (Fsp3) is 1.00. The Morgan fingerprint density at radius 3 is 0.974 bits per heavy atom. The minimum Gasteiger partial charge on any atom is -0.393 e. The van der Waals surface area contributed by atoms with E-state index in [1.807, 2.05) is 0 Å². The maximum absolute atomic E-state index is 11.6. The van der Waals surface area contributed by atoms with Gasteiger partial charge in [0.25, 0.3) is 0 Å². The van der Waals surface area contributed by atoms with Gasteiger partial charge in [-0.3, -0.25) is 0 Å². The van der Waals surface area contributed by atoms with Crippen molar-refractivity contribution in [3.63, 3.8) is 0 Å². The van der Waals surface area contributed by atoms with Crippen molar-refractivity contribution in [3.05, 3.63) is 0 Å². The van der Waals surface area contributed by atoms with Gasteiger partial charge in [0.1, 0.15) is 0 Å². The van der Waals surface area contributed by atoms with Gasteiger partial charge < -0.3 is 40.9 Å². The van der Waals surface area contributed by atoms with Gasteiger partial charge in [-0.2, -0.15) is 0 Å². The molecule has 8 heteroatoms. The third-order valence-corrected chi connectivity index (χ3v) is 43.1. The predicted molar refractivity (Wildman–Crippen MR) is 482 cm³/mol. The second kappa shape index (κ2) is 34.4. The zero-order valence-corrected chi connectivity index (χ0v) is 80.3. The summed E-state index contributed by atoms with van der Waals surface area (Å²) in [4.78, 5) is 0. The normalized spacial score (nSPS) is 51.1. The predicted octanol–water partition coefficient (Wildman–Crippen LogP) is 25.8. The van der Waals surface area contributed by atoms with E-state index in [1.165, 1.54) is 173 Å². The van der Waals surface area contributed by atoms with Gasteiger partial charge in [0.2, 0.25) is 0 Å². The molecule has 0 aromatic heterocycles. The Morgan fingerprint density at radius 2 is 0.560 bits per heavy atom. The second-order valence-electron chi connectivity index (χ2n) is 54.0. The molecule has 16 aliphatic rings. The van der Waals surface area contributed by atoms with Gasteiger partial charge in [-0.05, 0) is 464 Å². The lowest BCUT2D eigenvalue weighted by Crippen LogP contribution is -2.58. The first-order valence-electron chi connectivity index (χ1n) is 51.3. The van der Waals surface area contributed by atoms with E-state index in [2.05, 4.69) is 166 Å². The van der Waals surface area contributed by atoms with Crippen LogP contribution in [0, 0.1) is 207 Å². The summed E-state index contributed by atoms with van der Waals surface area (Å²) in [6.07, 6.45) is 47.1. The lowest BCUT2D eigenvalue weighted by atomic mass is 9.43. The van der Waals surface area contributed by atoms with Gasteiger partial charge in [0, 0.05) is 0 Å². The highest BCUT2D eigenvalue weighted by atomic mass is 16.3. The summed E-state index contributed by atoms with van der Waals surface area (Å²) in [7, 11) is 0. The Kier molecular flexibility index (Phi) is 27.6. The molecule has 8 N–H and O–H groups in total. The molecule has 116 heavy (non-hydrogen) atoms. The molecule has 0 bridgehead atoms. The van der Waals surface area contributed by atoms with Crippen LogP contribution in [0.5, 0.6) is 0 Å². The van der Waals surface area contributed by atoms with E-state index in [1.54, 1.807) is 0 Å². The summed E-state index contributed by atoms with van der Waals surface area (Å²) in [6.45, 7) is 58.9. The largest absolute Gasteiger partial charge is 0.393 e. The molecule has 672 valence electrons. The highest BCUT2D eigenvalue weighted by molar-refractivity contribution is 5.18. The molecular formula is C108H192O8. The molecule has 16 aliphatic carbocycles. The van der Waals surface area contributed by atoms with Crippen LogP contribution in [0.4, 0.5) is 0 Å². The standard InChI is InChI=1S/4C27H48O2/c2*1-17(9-12-25(2,3)4)20-7-8-21-24-22(11-14-27(20,21)6)26(5)13-10-19(28)15-18(26)16-23(24)29;1-17(9-12-25(2,3)4)20-7-8-21-19-16-24(29)23-15-18(28)10-13-27(23,6)22(19)11-14-26(20,21)5;1-17(11-13-25(2,3)4)21-9-10-22-20-8-7-18-15-19(28)12-14-26(18,5)23(20)16-24(29)27(21,22)6/h4*17-24,28-29H,7-16H2,1-6H3/t17-,18+,19-,20?,21?,22?,23+,24?,26+,27-;17-,18+,19-,20?,21?,22?,23-,24?,26+,27-;17-,18-,19?,20?,21?,22?,23+,24+,26-,27-;17-,18-,19-,20?,21?,22?,23?,24+,26+,27-/m1111/s1. The maximum atomic E-state index is 11.6. The van der Waals surface area contributed by atoms with Crippen LogP contribution in [0.25, 0.3) is 0 Å². The Balaban J connectivity index is 0.000000135. The molecule has 16 fully saturated rings. The average molecular weight is 1620 g/mol. The Hall–Kier alpha value is -0.320. The average Bonchev–Trinajstić information content (AvgIpc) is 1.48. The minimum absolute atomic E-state index is 0.0806. The number of aliphatic hydroxyl groups is 8. The van der Waals surface area contributed by atoms with E-state index in [-0.39, 0.29) is 59.7 Å². The van der Waals surface area contributed by atoms with E-state index >= 15 is 0 Å². The highest BCUT2D eigenvalue weighted by Crippen LogP contribution is 2.74. The molecule has 0 radical (unpaired) electrons. The molecule has 0 heterocycles. The molecule has 40 atom stereocenters. The number of rotatable bonds is 12. The lowest BCUT2D eigenvalue weighted by molar-refractivity contribution is -0.175. The Bertz CT molecular complexity index is 3090. The smallest absolute Gasteiger partial charge is 0.0602 e. The number of aliphatic hydroxyl groups excluding tert-OH is 8. The topological polar surface area (TPSA) is 162 Å². The third-order valence-electron chi connectivity index (χ3n) is 43.1. The van der Waals surface area contributed by atoms with Gasteiger partial charge in [-0.25, -0.2) is 0 Å². The SMILES string of the molecule is C[C@H](CCC(C)(C)C)C1CCC2C3C(CC[C@@]21C)[C@@]1(C)CC[C@@H](O)C[C@H]1C[C@@H]3O.C[C@H](CCC(C)(C)C)C1CCC2C3C(CC[C@@]21C)[C@@]1(C)CC[C@@H](O)C[C@H]1C[C@H]3O.C[C@H](CCC(C)(C)C)C1CCC2C3CC[C@@H]4C[C@H](O)CC[C@]4(C)C3C[C@H](O)[C@@]21C.C[C@H](CCC(C)(C)C)C1CCC2C3C[C@H](O)[C@@H]4C[C@H](O)CC[C@]4(C)C3CC[C@@]21C. The van der Waals surface area contributed by atoms with Crippen molar-refractivity contribution >= 4 is 0 Å². The van der Waals surface area contributed by atoms with Crippen LogP contribution in [0.2, 0.25) is 0 Å². The minimum atomic E-state index is -0.198. The first-order chi connectivity index (χ1) is 53.8. The van der Waals surface area contributed by atoms with Crippen molar-refractivity contribution in [3.8, 4) is 0 Å². The van der Waals surface area contributed by atoms with E-state index in [9.17, 15) is 40.9 Å². The molecule has 0 aromatic carbocycles. The molecule has 16 unspecified atom stereocenters. The van der Waals surface area contributed by atoms with E-state index in [0.717, 1.165) is 137 Å². The number of hydrogen-bond acceptors (Lipinski definition) is 8. The van der Waals surface area contributed by atoms with Crippen molar-refractivity contribution in [2.24, 2.45) is 207 Å². The van der Waals surface area contributed by atoms with Gasteiger partial charge in [-0.15, -0.1) is 0 Å². The molecular weight excluding hydrogens is 1430 g/mol. The van der Waals surface area contributed by atoms with Crippen LogP contribution >= 0.6 is 0 Å². The molecule has 0 aromatic rings. The molecule has 0 aliphatic heterocycles. The summed E-state index contributed by atoms with van der Waals surface area (Å²) in [5.41, 5.74) is 4.45. The fourth-order valence-electron chi connectivity index (χ4n) is 36.2. The molecule has 16 saturated carbocycles. The number of hydrogen-bond donors (Lipinski definition) is 8. The van der Waals surface area contributed by atoms with Crippen molar-refractivity contribution in [2.75, 3.05) is 0 Å². The van der Waals surface area contributed by atoms with Crippen LogP contribution in [0.1, 0.15) is 423 Å². The zero-order chi connectivity index (χ0) is 84.8. The van der Waals surface area contributed by atoms with Gasteiger partial charge >= 0.3 is 0 Å². The molecule has 0 saturated heterocycles. The maximum Gasteiger partial charge on any atom is 0.0602 e. The second-order valence-corrected chi connectivity index (χ2v) is 54.0. The highest BCUT2D eigenvalue weighted by Gasteiger charge is 2.69. The Morgan fingerprint density at radius 1 is 0.250 bits per heavy atom. The third kappa shape index (κ3) is 17.8.